The van der Waals surface area contributed by atoms with Gasteiger partial charge in [0.1, 0.15) is 12.6 Å². The third-order valence-corrected chi connectivity index (χ3v) is 8.46. The highest BCUT2D eigenvalue weighted by molar-refractivity contribution is 7.92. The van der Waals surface area contributed by atoms with Crippen molar-refractivity contribution in [1.29, 1.82) is 0 Å². The Bertz CT molecular complexity index is 1450. The zero-order valence-electron chi connectivity index (χ0n) is 23.2. The van der Waals surface area contributed by atoms with E-state index in [2.05, 4.69) is 5.32 Å². The maximum absolute atomic E-state index is 13.9. The first-order valence-electron chi connectivity index (χ1n) is 13.2. The van der Waals surface area contributed by atoms with Crippen molar-refractivity contribution >= 4 is 27.5 Å². The van der Waals surface area contributed by atoms with E-state index in [0.717, 1.165) is 36.1 Å². The summed E-state index contributed by atoms with van der Waals surface area (Å²) in [5.74, 6) is -1.17. The minimum Gasteiger partial charge on any atom is -0.354 e. The molecule has 1 N–H and O–H groups in total. The normalized spacial score (nSPS) is 12.4. The molecule has 220 valence electrons. The van der Waals surface area contributed by atoms with Crippen LogP contribution >= 0.6 is 0 Å². The number of benzene rings is 3. The van der Waals surface area contributed by atoms with Crippen molar-refractivity contribution in [3.8, 4) is 0 Å². The van der Waals surface area contributed by atoms with Crippen molar-refractivity contribution in [1.82, 2.24) is 10.2 Å². The van der Waals surface area contributed by atoms with Gasteiger partial charge >= 0.3 is 6.18 Å². The fraction of sp³-hybridized carbons (Fsp3) is 0.333. The predicted molar refractivity (Wildman–Crippen MR) is 152 cm³/mol. The molecule has 0 heterocycles. The second-order valence-electron chi connectivity index (χ2n) is 9.64. The van der Waals surface area contributed by atoms with Gasteiger partial charge in [0.05, 0.1) is 16.1 Å². The molecule has 0 spiro atoms. The van der Waals surface area contributed by atoms with E-state index in [1.165, 1.54) is 42.2 Å². The number of aryl methyl sites for hydroxylation is 1. The highest BCUT2D eigenvalue weighted by atomic mass is 32.2. The van der Waals surface area contributed by atoms with Crippen LogP contribution in [-0.2, 0) is 32.3 Å². The van der Waals surface area contributed by atoms with Crippen LogP contribution in [0, 0.1) is 6.92 Å². The molecule has 0 fully saturated rings. The Morgan fingerprint density at radius 3 is 2.24 bits per heavy atom. The number of carbonyl (C=O) groups is 2. The van der Waals surface area contributed by atoms with Gasteiger partial charge in [0.25, 0.3) is 10.0 Å². The molecule has 0 aromatic heterocycles. The number of alkyl halides is 3. The third kappa shape index (κ3) is 8.09. The molecule has 2 amide bonds. The second kappa shape index (κ2) is 13.7. The fourth-order valence-corrected chi connectivity index (χ4v) is 5.60. The van der Waals surface area contributed by atoms with Crippen molar-refractivity contribution in [3.05, 3.63) is 95.6 Å². The van der Waals surface area contributed by atoms with Crippen LogP contribution < -0.4 is 9.62 Å². The second-order valence-corrected chi connectivity index (χ2v) is 11.5. The van der Waals surface area contributed by atoms with Gasteiger partial charge in [-0.2, -0.15) is 13.2 Å². The van der Waals surface area contributed by atoms with Crippen LogP contribution in [0.15, 0.2) is 83.8 Å². The number of hydrogen-bond acceptors (Lipinski definition) is 4. The third-order valence-electron chi connectivity index (χ3n) is 6.67. The monoisotopic (exact) mass is 589 g/mol. The van der Waals surface area contributed by atoms with Gasteiger partial charge in [-0.05, 0) is 61.7 Å². The van der Waals surface area contributed by atoms with Crippen LogP contribution in [-0.4, -0.2) is 44.3 Å². The summed E-state index contributed by atoms with van der Waals surface area (Å²) in [6, 6.07) is 17.2. The molecule has 0 radical (unpaired) electrons. The van der Waals surface area contributed by atoms with Crippen LogP contribution in [0.1, 0.15) is 43.4 Å². The number of carbonyl (C=O) groups excluding carboxylic acids is 2. The van der Waals surface area contributed by atoms with Gasteiger partial charge in [0.15, 0.2) is 0 Å². The molecule has 0 aliphatic rings. The molecule has 0 aliphatic carbocycles. The molecule has 0 saturated heterocycles. The molecule has 3 aromatic carbocycles. The maximum Gasteiger partial charge on any atom is 0.416 e. The summed E-state index contributed by atoms with van der Waals surface area (Å²) in [4.78, 5) is 28.0. The standard InChI is InChI=1S/C30H34F3N3O4S/c1-4-5-18-34-29(38)23(3)35(20-24-13-10-9-12-22(24)2)28(37)21-36(41(39,40)27-16-7-6-8-17-27)26-15-11-14-25(19-26)30(31,32)33/h6-17,19,23H,4-5,18,20-21H2,1-3H3,(H,34,38)/t23-/m0/s1. The number of sulfonamides is 1. The number of hydrogen-bond donors (Lipinski definition) is 1. The minimum atomic E-state index is -4.73. The van der Waals surface area contributed by atoms with E-state index in [0.29, 0.717) is 16.9 Å². The van der Waals surface area contributed by atoms with Crippen molar-refractivity contribution in [3.63, 3.8) is 0 Å². The maximum atomic E-state index is 13.9. The van der Waals surface area contributed by atoms with Crippen molar-refractivity contribution in [2.45, 2.75) is 57.3 Å². The fourth-order valence-electron chi connectivity index (χ4n) is 4.18. The summed E-state index contributed by atoms with van der Waals surface area (Å²) in [7, 11) is -4.47. The van der Waals surface area contributed by atoms with E-state index in [1.807, 2.05) is 26.0 Å². The molecular formula is C30H34F3N3O4S. The molecule has 1 atom stereocenters. The summed E-state index contributed by atoms with van der Waals surface area (Å²) in [5, 5.41) is 2.79. The quantitative estimate of drug-likeness (QED) is 0.281. The van der Waals surface area contributed by atoms with Crippen molar-refractivity contribution in [2.24, 2.45) is 0 Å². The van der Waals surface area contributed by atoms with Crippen molar-refractivity contribution in [2.75, 3.05) is 17.4 Å². The number of nitrogens with zero attached hydrogens (tertiary/aromatic N) is 2. The summed E-state index contributed by atoms with van der Waals surface area (Å²) in [5.41, 5.74) is 0.213. The van der Waals surface area contributed by atoms with Crippen molar-refractivity contribution < 1.29 is 31.2 Å². The lowest BCUT2D eigenvalue weighted by molar-refractivity contribution is -0.139. The largest absolute Gasteiger partial charge is 0.416 e. The highest BCUT2D eigenvalue weighted by Crippen LogP contribution is 2.33. The van der Waals surface area contributed by atoms with Gasteiger partial charge in [-0.1, -0.05) is 61.9 Å². The number of rotatable bonds is 12. The van der Waals surface area contributed by atoms with Crippen LogP contribution in [0.5, 0.6) is 0 Å². The molecule has 3 aromatic rings. The van der Waals surface area contributed by atoms with Gasteiger partial charge in [0.2, 0.25) is 11.8 Å². The van der Waals surface area contributed by atoms with E-state index < -0.39 is 46.2 Å². The Morgan fingerprint density at radius 2 is 1.61 bits per heavy atom. The van der Waals surface area contributed by atoms with Crippen LogP contribution in [0.25, 0.3) is 0 Å². The highest BCUT2D eigenvalue weighted by Gasteiger charge is 2.35. The zero-order valence-corrected chi connectivity index (χ0v) is 24.0. The van der Waals surface area contributed by atoms with Crippen LogP contribution in [0.4, 0.5) is 18.9 Å². The number of amides is 2. The number of nitrogens with one attached hydrogen (secondary N) is 1. The van der Waals surface area contributed by atoms with Crippen LogP contribution in [0.2, 0.25) is 0 Å². The summed E-state index contributed by atoms with van der Waals surface area (Å²) < 4.78 is 68.8. The molecular weight excluding hydrogens is 555 g/mol. The zero-order chi connectivity index (χ0) is 30.2. The van der Waals surface area contributed by atoms with E-state index in [1.54, 1.807) is 18.2 Å². The molecule has 3 rings (SSSR count). The van der Waals surface area contributed by atoms with Gasteiger partial charge < -0.3 is 10.2 Å². The summed E-state index contributed by atoms with van der Waals surface area (Å²) >= 11 is 0. The van der Waals surface area contributed by atoms with Gasteiger partial charge in [0, 0.05) is 13.1 Å². The topological polar surface area (TPSA) is 86.8 Å². The Hall–Kier alpha value is -3.86. The number of anilines is 1. The van der Waals surface area contributed by atoms with Crippen LogP contribution in [0.3, 0.4) is 0 Å². The van der Waals surface area contributed by atoms with E-state index in [4.69, 9.17) is 0 Å². The Labute approximate surface area is 239 Å². The van der Waals surface area contributed by atoms with Gasteiger partial charge in [-0.15, -0.1) is 0 Å². The summed E-state index contributed by atoms with van der Waals surface area (Å²) in [6.07, 6.45) is -3.14. The average molecular weight is 590 g/mol. The van der Waals surface area contributed by atoms with Gasteiger partial charge in [-0.25, -0.2) is 8.42 Å². The first kappa shape index (κ1) is 31.7. The molecule has 41 heavy (non-hydrogen) atoms. The Kier molecular flexibility index (Phi) is 10.6. The molecule has 11 heteroatoms. The SMILES string of the molecule is CCCCNC(=O)[C@H](C)N(Cc1ccccc1C)C(=O)CN(c1cccc(C(F)(F)F)c1)S(=O)(=O)c1ccccc1. The molecule has 0 saturated carbocycles. The molecule has 0 unspecified atom stereocenters. The lowest BCUT2D eigenvalue weighted by Gasteiger charge is -2.32. The smallest absolute Gasteiger partial charge is 0.354 e. The Morgan fingerprint density at radius 1 is 0.951 bits per heavy atom. The minimum absolute atomic E-state index is 0.00428. The predicted octanol–water partition coefficient (Wildman–Crippen LogP) is 5.54. The lowest BCUT2D eigenvalue weighted by atomic mass is 10.1. The first-order valence-corrected chi connectivity index (χ1v) is 14.7. The lowest BCUT2D eigenvalue weighted by Crippen LogP contribution is -2.51. The molecule has 0 bridgehead atoms. The first-order chi connectivity index (χ1) is 19.4. The van der Waals surface area contributed by atoms with E-state index >= 15 is 0 Å². The van der Waals surface area contributed by atoms with Gasteiger partial charge in [-0.3, -0.25) is 13.9 Å². The summed E-state index contributed by atoms with van der Waals surface area (Å²) in [6.45, 7) is 4.94. The van der Waals surface area contributed by atoms with E-state index in [-0.39, 0.29) is 17.1 Å². The Balaban J connectivity index is 2.06. The molecule has 7 nitrogen and oxygen atoms in total. The number of halogens is 3. The average Bonchev–Trinajstić information content (AvgIpc) is 2.95. The van der Waals surface area contributed by atoms with E-state index in [9.17, 15) is 31.2 Å². The number of unbranched alkanes of at least 4 members (excludes halogenated alkanes) is 1. The molecule has 0 aliphatic heterocycles.